The Morgan fingerprint density at radius 1 is 1.71 bits per heavy atom. The largest absolute Gasteiger partial charge is 0.393 e. The Labute approximate surface area is 132 Å². The second-order valence-electron chi connectivity index (χ2n) is 4.71. The van der Waals surface area contributed by atoms with E-state index in [0.717, 1.165) is 6.20 Å². The summed E-state index contributed by atoms with van der Waals surface area (Å²) in [7, 11) is 0. The minimum Gasteiger partial charge on any atom is -0.393 e. The van der Waals surface area contributed by atoms with Crippen LogP contribution in [0.2, 0.25) is 0 Å². The van der Waals surface area contributed by atoms with Gasteiger partial charge in [0.15, 0.2) is 18.2 Å². The number of ether oxygens (including phenoxy) is 1. The maximum atomic E-state index is 14.3. The van der Waals surface area contributed by atoms with Gasteiger partial charge in [-0.3, -0.25) is 15.4 Å². The third kappa shape index (κ3) is 3.07. The molecule has 0 spiro atoms. The first-order valence-corrected chi connectivity index (χ1v) is 6.42. The lowest BCUT2D eigenvalue weighted by Crippen LogP contribution is -2.43. The van der Waals surface area contributed by atoms with E-state index in [4.69, 9.17) is 16.0 Å². The van der Waals surface area contributed by atoms with E-state index in [1.807, 2.05) is 5.43 Å². The molecule has 0 bridgehead atoms. The number of nitrogens with one attached hydrogen (secondary N) is 2. The Kier molecular flexibility index (Phi) is 4.85. The highest BCUT2D eigenvalue weighted by Crippen LogP contribution is 2.39. The van der Waals surface area contributed by atoms with Crippen molar-refractivity contribution in [3.05, 3.63) is 33.2 Å². The first-order chi connectivity index (χ1) is 11.3. The summed E-state index contributed by atoms with van der Waals surface area (Å²) in [6, 6.07) is 0.265. The average molecular weight is 344 g/mol. The number of rotatable bonds is 5. The lowest BCUT2D eigenvalue weighted by atomic mass is 10.1. The minimum atomic E-state index is -2.26. The third-order valence-corrected chi connectivity index (χ3v) is 3.22. The number of carbonyl (C=O) groups is 1. The van der Waals surface area contributed by atoms with E-state index in [2.05, 4.69) is 20.4 Å². The number of aromatic nitrogens is 2. The van der Waals surface area contributed by atoms with E-state index in [1.165, 1.54) is 6.07 Å². The number of hydrazine groups is 1. The summed E-state index contributed by atoms with van der Waals surface area (Å²) in [5, 5.41) is 22.2. The van der Waals surface area contributed by atoms with Crippen LogP contribution in [0.15, 0.2) is 22.2 Å². The van der Waals surface area contributed by atoms with Crippen LogP contribution in [0.25, 0.3) is 10.4 Å². The van der Waals surface area contributed by atoms with E-state index >= 15 is 0 Å². The Balaban J connectivity index is 2.30. The first-order valence-electron chi connectivity index (χ1n) is 6.42. The van der Waals surface area contributed by atoms with Gasteiger partial charge in [-0.1, -0.05) is 5.11 Å². The Bertz CT molecular complexity index is 736. The van der Waals surface area contributed by atoms with Crippen molar-refractivity contribution < 1.29 is 24.1 Å². The zero-order valence-electron chi connectivity index (χ0n) is 11.9. The van der Waals surface area contributed by atoms with Crippen LogP contribution in [-0.4, -0.2) is 50.4 Å². The molecule has 2 heterocycles. The van der Waals surface area contributed by atoms with Crippen LogP contribution < -0.4 is 22.3 Å². The monoisotopic (exact) mass is 344 g/mol. The number of anilines is 1. The number of hydrogen-bond acceptors (Lipinski definition) is 8. The molecule has 14 heteroatoms. The fourth-order valence-corrected chi connectivity index (χ4v) is 2.08. The van der Waals surface area contributed by atoms with Crippen LogP contribution in [0.1, 0.15) is 6.23 Å². The van der Waals surface area contributed by atoms with Crippen molar-refractivity contribution in [3.8, 4) is 0 Å². The Morgan fingerprint density at radius 2 is 2.42 bits per heavy atom. The molecule has 1 unspecified atom stereocenters. The maximum absolute atomic E-state index is 14.3. The fraction of sp³-hybridized carbons (Fsp3) is 0.500. The number of hydrogen-bond donors (Lipinski definition) is 5. The topological polar surface area (TPSA) is 200 Å². The predicted molar refractivity (Wildman–Crippen MR) is 74.8 cm³/mol. The standard InChI is InChI=1S/C10H13FN8O5/c11-5-6(21)10(3-20,17-18-13)24-7(5)19-2-1-4(14-9(19)23)15-16-8(12)22/h1-2,5-7,20-21H,3H2,(H3,12,16,22)(H,14,15,23)/t5-,6?,7+,10+/m0/s1. The molecule has 0 aliphatic carbocycles. The summed E-state index contributed by atoms with van der Waals surface area (Å²) >= 11 is 0. The first kappa shape index (κ1) is 17.4. The highest BCUT2D eigenvalue weighted by Gasteiger charge is 2.56. The number of nitrogens with zero attached hydrogens (tertiary/aromatic N) is 5. The highest BCUT2D eigenvalue weighted by molar-refractivity contribution is 5.72. The van der Waals surface area contributed by atoms with Gasteiger partial charge in [-0.2, -0.15) is 4.98 Å². The number of primary amides is 1. The Hall–Kier alpha value is -2.93. The number of urea groups is 1. The van der Waals surface area contributed by atoms with Gasteiger partial charge in [0, 0.05) is 11.1 Å². The van der Waals surface area contributed by atoms with E-state index < -0.39 is 42.6 Å². The van der Waals surface area contributed by atoms with Gasteiger partial charge in [-0.25, -0.2) is 14.0 Å². The molecule has 2 rings (SSSR count). The summed E-state index contributed by atoms with van der Waals surface area (Å²) in [6.45, 7) is -1.00. The smallest absolute Gasteiger partial charge is 0.351 e. The molecule has 1 aromatic heterocycles. The van der Waals surface area contributed by atoms with Gasteiger partial charge in [-0.15, -0.1) is 0 Å². The number of nitrogens with two attached hydrogens (primary N) is 1. The molecule has 0 saturated carbocycles. The molecule has 1 aliphatic heterocycles. The van der Waals surface area contributed by atoms with Crippen molar-refractivity contribution in [2.75, 3.05) is 12.0 Å². The highest BCUT2D eigenvalue weighted by atomic mass is 19.1. The van der Waals surface area contributed by atoms with Crippen LogP contribution in [0.3, 0.4) is 0 Å². The molecule has 6 N–H and O–H groups in total. The molecule has 1 aromatic rings. The zero-order valence-corrected chi connectivity index (χ0v) is 11.9. The predicted octanol–water partition coefficient (Wildman–Crippen LogP) is -1.53. The van der Waals surface area contributed by atoms with Crippen LogP contribution in [0, 0.1) is 0 Å². The molecule has 130 valence electrons. The minimum absolute atomic E-state index is 0.0903. The number of amides is 2. The van der Waals surface area contributed by atoms with Gasteiger partial charge < -0.3 is 20.7 Å². The summed E-state index contributed by atoms with van der Waals surface area (Å²) in [5.41, 5.74) is 14.3. The lowest BCUT2D eigenvalue weighted by molar-refractivity contribution is -0.124. The second-order valence-corrected chi connectivity index (χ2v) is 4.71. The van der Waals surface area contributed by atoms with Gasteiger partial charge in [0.1, 0.15) is 6.10 Å². The second kappa shape index (κ2) is 6.67. The van der Waals surface area contributed by atoms with Crippen molar-refractivity contribution in [1.82, 2.24) is 15.0 Å². The molecular formula is C10H13FN8O5. The van der Waals surface area contributed by atoms with E-state index in [-0.39, 0.29) is 5.82 Å². The molecular weight excluding hydrogens is 331 g/mol. The normalized spacial score (nSPS) is 28.9. The maximum Gasteiger partial charge on any atom is 0.351 e. The summed E-state index contributed by atoms with van der Waals surface area (Å²) in [5.74, 6) is -0.0903. The van der Waals surface area contributed by atoms with Crippen LogP contribution in [0.4, 0.5) is 15.0 Å². The van der Waals surface area contributed by atoms with Crippen molar-refractivity contribution in [3.63, 3.8) is 0 Å². The number of aliphatic hydroxyl groups excluding tert-OH is 2. The molecule has 1 aliphatic rings. The van der Waals surface area contributed by atoms with Gasteiger partial charge in [-0.05, 0) is 11.6 Å². The van der Waals surface area contributed by atoms with E-state index in [9.17, 15) is 24.2 Å². The molecule has 4 atom stereocenters. The van der Waals surface area contributed by atoms with Crippen molar-refractivity contribution >= 4 is 11.8 Å². The van der Waals surface area contributed by atoms with Crippen molar-refractivity contribution in [2.45, 2.75) is 24.2 Å². The molecule has 1 saturated heterocycles. The molecule has 0 radical (unpaired) electrons. The van der Waals surface area contributed by atoms with Crippen molar-refractivity contribution in [1.29, 1.82) is 0 Å². The SMILES string of the molecule is [N-]=[N+]=N[C@]1(CO)O[C@@H](n2ccc(NNC(N)=O)nc2=O)[C@@H](F)C1O. The van der Waals surface area contributed by atoms with Gasteiger partial charge in [0.25, 0.3) is 0 Å². The molecule has 24 heavy (non-hydrogen) atoms. The van der Waals surface area contributed by atoms with Crippen LogP contribution >= 0.6 is 0 Å². The number of azide groups is 1. The number of carbonyl (C=O) groups excluding carboxylic acids is 1. The molecule has 1 fully saturated rings. The summed E-state index contributed by atoms with van der Waals surface area (Å²) < 4.78 is 20.0. The number of aliphatic hydroxyl groups is 2. The zero-order chi connectivity index (χ0) is 17.9. The van der Waals surface area contributed by atoms with Gasteiger partial charge >= 0.3 is 11.7 Å². The van der Waals surface area contributed by atoms with E-state index in [0.29, 0.717) is 4.57 Å². The lowest BCUT2D eigenvalue weighted by Gasteiger charge is -2.23. The molecule has 0 aromatic carbocycles. The Morgan fingerprint density at radius 3 is 2.96 bits per heavy atom. The van der Waals surface area contributed by atoms with Gasteiger partial charge in [0.2, 0.25) is 5.72 Å². The summed E-state index contributed by atoms with van der Waals surface area (Å²) in [4.78, 5) is 28.4. The average Bonchev–Trinajstić information content (AvgIpc) is 2.79. The molecule has 2 amide bonds. The van der Waals surface area contributed by atoms with Crippen LogP contribution in [-0.2, 0) is 4.74 Å². The number of alkyl halides is 1. The summed E-state index contributed by atoms with van der Waals surface area (Å²) in [6.07, 6.45) is -4.79. The number of halogens is 1. The van der Waals surface area contributed by atoms with Crippen molar-refractivity contribution in [2.24, 2.45) is 10.8 Å². The third-order valence-electron chi connectivity index (χ3n) is 3.22. The quantitative estimate of drug-likeness (QED) is 0.184. The fourth-order valence-electron chi connectivity index (χ4n) is 2.08. The van der Waals surface area contributed by atoms with Crippen LogP contribution in [0.5, 0.6) is 0 Å². The molecule has 13 nitrogen and oxygen atoms in total. The van der Waals surface area contributed by atoms with E-state index in [1.54, 1.807) is 0 Å². The van der Waals surface area contributed by atoms with Gasteiger partial charge in [0.05, 0.1) is 6.61 Å².